The number of anilines is 1. The lowest BCUT2D eigenvalue weighted by Crippen LogP contribution is -2.20. The van der Waals surface area contributed by atoms with E-state index < -0.39 is 0 Å². The van der Waals surface area contributed by atoms with Crippen molar-refractivity contribution in [1.29, 1.82) is 0 Å². The predicted octanol–water partition coefficient (Wildman–Crippen LogP) is 4.04. The van der Waals surface area contributed by atoms with Crippen LogP contribution < -0.4 is 4.90 Å². The topological polar surface area (TPSA) is 15.6 Å². The van der Waals surface area contributed by atoms with Gasteiger partial charge in [-0.1, -0.05) is 42.5 Å². The molecule has 0 radical (unpaired) electrons. The Morgan fingerprint density at radius 1 is 0.944 bits per heavy atom. The zero-order chi connectivity index (χ0) is 12.6. The molecule has 0 spiro atoms. The van der Waals surface area contributed by atoms with Gasteiger partial charge in [-0.3, -0.25) is 0 Å². The van der Waals surface area contributed by atoms with Crippen LogP contribution in [-0.2, 0) is 0 Å². The highest BCUT2D eigenvalue weighted by Gasteiger charge is 1.99. The predicted molar refractivity (Wildman–Crippen MR) is 78.6 cm³/mol. The van der Waals surface area contributed by atoms with Gasteiger partial charge in [-0.2, -0.15) is 0 Å². The molecule has 2 rings (SSSR count). The number of hydrogen-bond donors (Lipinski definition) is 0. The van der Waals surface area contributed by atoms with Gasteiger partial charge in [-0.25, -0.2) is 4.99 Å². The Hall–Kier alpha value is -2.35. The van der Waals surface area contributed by atoms with E-state index in [0.29, 0.717) is 0 Å². The van der Waals surface area contributed by atoms with E-state index in [2.05, 4.69) is 28.6 Å². The summed E-state index contributed by atoms with van der Waals surface area (Å²) in [6.45, 7) is 4.51. The average molecular weight is 236 g/mol. The number of benzene rings is 2. The second kappa shape index (κ2) is 6.40. The average Bonchev–Trinajstić information content (AvgIpc) is 2.45. The third kappa shape index (κ3) is 3.32. The molecule has 2 aromatic carbocycles. The minimum Gasteiger partial charge on any atom is -0.329 e. The summed E-state index contributed by atoms with van der Waals surface area (Å²) in [6, 6.07) is 20.0. The molecule has 2 heteroatoms. The number of hydrogen-bond acceptors (Lipinski definition) is 1. The van der Waals surface area contributed by atoms with Crippen LogP contribution in [0.1, 0.15) is 0 Å². The summed E-state index contributed by atoms with van der Waals surface area (Å²) >= 11 is 0. The summed E-state index contributed by atoms with van der Waals surface area (Å²) in [5, 5.41) is 0. The zero-order valence-corrected chi connectivity index (χ0v) is 10.2. The van der Waals surface area contributed by atoms with Crippen LogP contribution in [0.15, 0.2) is 78.3 Å². The molecule has 0 aliphatic rings. The quantitative estimate of drug-likeness (QED) is 0.434. The van der Waals surface area contributed by atoms with Gasteiger partial charge in [0.1, 0.15) is 0 Å². The first-order valence-electron chi connectivity index (χ1n) is 5.92. The van der Waals surface area contributed by atoms with Crippen molar-refractivity contribution in [2.75, 3.05) is 11.4 Å². The highest BCUT2D eigenvalue weighted by molar-refractivity contribution is 5.81. The number of aliphatic imine (C=N–C) groups is 1. The molecule has 0 bridgehead atoms. The maximum Gasteiger partial charge on any atom is 0.0959 e. The Bertz CT molecular complexity index is 503. The SMILES string of the molecule is C=CCN(C=Nc1ccccc1)c1ccccc1. The molecular weight excluding hydrogens is 220 g/mol. The molecule has 90 valence electrons. The van der Waals surface area contributed by atoms with Crippen molar-refractivity contribution in [2.45, 2.75) is 0 Å². The minimum absolute atomic E-state index is 0.736. The van der Waals surface area contributed by atoms with Crippen LogP contribution in [0.25, 0.3) is 0 Å². The molecule has 0 atom stereocenters. The van der Waals surface area contributed by atoms with Crippen molar-refractivity contribution in [2.24, 2.45) is 4.99 Å². The fourth-order valence-electron chi connectivity index (χ4n) is 1.63. The van der Waals surface area contributed by atoms with Crippen molar-refractivity contribution in [3.05, 3.63) is 73.3 Å². The minimum atomic E-state index is 0.736. The summed E-state index contributed by atoms with van der Waals surface area (Å²) in [4.78, 5) is 6.51. The van der Waals surface area contributed by atoms with Crippen LogP contribution >= 0.6 is 0 Å². The lowest BCUT2D eigenvalue weighted by Gasteiger charge is -2.17. The third-order valence-corrected chi connectivity index (χ3v) is 2.52. The smallest absolute Gasteiger partial charge is 0.0959 e. The van der Waals surface area contributed by atoms with Crippen molar-refractivity contribution in [3.8, 4) is 0 Å². The molecular formula is C16H16N2. The largest absolute Gasteiger partial charge is 0.329 e. The first-order valence-corrected chi connectivity index (χ1v) is 5.92. The van der Waals surface area contributed by atoms with Gasteiger partial charge in [0.2, 0.25) is 0 Å². The van der Waals surface area contributed by atoms with Gasteiger partial charge < -0.3 is 4.90 Å². The first-order chi connectivity index (χ1) is 8.90. The number of rotatable bonds is 5. The van der Waals surface area contributed by atoms with Gasteiger partial charge in [0.05, 0.1) is 12.0 Å². The van der Waals surface area contributed by atoms with E-state index in [1.54, 1.807) is 0 Å². The molecule has 0 N–H and O–H groups in total. The van der Waals surface area contributed by atoms with Crippen LogP contribution in [0.4, 0.5) is 11.4 Å². The monoisotopic (exact) mass is 236 g/mol. The molecule has 2 aromatic rings. The maximum absolute atomic E-state index is 4.45. The van der Waals surface area contributed by atoms with Crippen molar-refractivity contribution >= 4 is 17.7 Å². The Morgan fingerprint density at radius 2 is 1.56 bits per heavy atom. The van der Waals surface area contributed by atoms with Crippen LogP contribution in [0, 0.1) is 0 Å². The highest BCUT2D eigenvalue weighted by Crippen LogP contribution is 2.13. The number of para-hydroxylation sites is 2. The van der Waals surface area contributed by atoms with Crippen molar-refractivity contribution in [1.82, 2.24) is 0 Å². The van der Waals surface area contributed by atoms with Gasteiger partial charge >= 0.3 is 0 Å². The van der Waals surface area contributed by atoms with Crippen molar-refractivity contribution < 1.29 is 0 Å². The zero-order valence-electron chi connectivity index (χ0n) is 10.2. The lowest BCUT2D eigenvalue weighted by atomic mass is 10.3. The van der Waals surface area contributed by atoms with E-state index >= 15 is 0 Å². The van der Waals surface area contributed by atoms with E-state index in [0.717, 1.165) is 17.9 Å². The van der Waals surface area contributed by atoms with Gasteiger partial charge in [-0.15, -0.1) is 6.58 Å². The fourth-order valence-corrected chi connectivity index (χ4v) is 1.63. The molecule has 0 amide bonds. The van der Waals surface area contributed by atoms with Gasteiger partial charge in [0.25, 0.3) is 0 Å². The molecule has 0 saturated heterocycles. The normalized spacial score (nSPS) is 10.4. The lowest BCUT2D eigenvalue weighted by molar-refractivity contribution is 1.16. The molecule has 0 aliphatic carbocycles. The van der Waals surface area contributed by atoms with Gasteiger partial charge in [0, 0.05) is 12.2 Å². The molecule has 0 fully saturated rings. The van der Waals surface area contributed by atoms with Crippen LogP contribution in [0.2, 0.25) is 0 Å². The van der Waals surface area contributed by atoms with E-state index in [4.69, 9.17) is 0 Å². The molecule has 0 aromatic heterocycles. The van der Waals surface area contributed by atoms with E-state index in [1.165, 1.54) is 0 Å². The van der Waals surface area contributed by atoms with Crippen LogP contribution in [0.5, 0.6) is 0 Å². The van der Waals surface area contributed by atoms with E-state index in [1.807, 2.05) is 60.9 Å². The number of nitrogens with zero attached hydrogens (tertiary/aromatic N) is 2. The van der Waals surface area contributed by atoms with Gasteiger partial charge in [0.15, 0.2) is 0 Å². The summed E-state index contributed by atoms with van der Waals surface area (Å²) in [5.74, 6) is 0. The summed E-state index contributed by atoms with van der Waals surface area (Å²) in [6.07, 6.45) is 3.70. The molecule has 2 nitrogen and oxygen atoms in total. The van der Waals surface area contributed by atoms with Crippen LogP contribution in [0.3, 0.4) is 0 Å². The third-order valence-electron chi connectivity index (χ3n) is 2.52. The first kappa shape index (κ1) is 12.1. The fraction of sp³-hybridized carbons (Fsp3) is 0.0625. The highest BCUT2D eigenvalue weighted by atomic mass is 15.1. The summed E-state index contributed by atoms with van der Waals surface area (Å²) in [7, 11) is 0. The molecule has 0 unspecified atom stereocenters. The second-order valence-electron chi connectivity index (χ2n) is 3.86. The standard InChI is InChI=1S/C16H16N2/c1-2-13-18(16-11-7-4-8-12-16)14-17-15-9-5-3-6-10-15/h2-12,14H,1,13H2. The molecule has 0 heterocycles. The van der Waals surface area contributed by atoms with E-state index in [-0.39, 0.29) is 0 Å². The second-order valence-corrected chi connectivity index (χ2v) is 3.86. The summed E-state index contributed by atoms with van der Waals surface area (Å²) in [5.41, 5.74) is 2.06. The van der Waals surface area contributed by atoms with Gasteiger partial charge in [-0.05, 0) is 24.3 Å². The Labute approximate surface area is 108 Å². The van der Waals surface area contributed by atoms with E-state index in [9.17, 15) is 0 Å². The Kier molecular flexibility index (Phi) is 4.31. The maximum atomic E-state index is 4.45. The molecule has 0 aliphatic heterocycles. The molecule has 18 heavy (non-hydrogen) atoms. The van der Waals surface area contributed by atoms with Crippen LogP contribution in [-0.4, -0.2) is 12.9 Å². The Morgan fingerprint density at radius 3 is 2.17 bits per heavy atom. The van der Waals surface area contributed by atoms with Crippen molar-refractivity contribution in [3.63, 3.8) is 0 Å². The Balaban J connectivity index is 2.17. The molecule has 0 saturated carbocycles. The summed E-state index contributed by atoms with van der Waals surface area (Å²) < 4.78 is 0.